The number of guanidine groups is 1. The van der Waals surface area contributed by atoms with E-state index in [4.69, 9.17) is 9.47 Å². The molecule has 30 heavy (non-hydrogen) atoms. The SMILES string of the molecule is CCOC(CCNC(=NC)NCCS(=O)(=O)NCC1CCCCO1)C1CCCC1.I. The molecule has 2 fully saturated rings. The van der Waals surface area contributed by atoms with Gasteiger partial charge in [0.2, 0.25) is 10.0 Å². The zero-order valence-electron chi connectivity index (χ0n) is 18.5. The highest BCUT2D eigenvalue weighted by Crippen LogP contribution is 2.30. The Balaban J connectivity index is 0.00000450. The minimum atomic E-state index is -3.33. The number of ether oxygens (including phenoxy) is 2. The fraction of sp³-hybridized carbons (Fsp3) is 0.950. The summed E-state index contributed by atoms with van der Waals surface area (Å²) < 4.78 is 38.5. The van der Waals surface area contributed by atoms with E-state index >= 15 is 0 Å². The van der Waals surface area contributed by atoms with Gasteiger partial charge in [0, 0.05) is 39.9 Å². The first kappa shape index (κ1) is 27.9. The second-order valence-electron chi connectivity index (χ2n) is 7.91. The zero-order valence-corrected chi connectivity index (χ0v) is 21.7. The van der Waals surface area contributed by atoms with E-state index in [2.05, 4.69) is 20.3 Å². The lowest BCUT2D eigenvalue weighted by atomic mass is 9.98. The van der Waals surface area contributed by atoms with E-state index in [-0.39, 0.29) is 35.8 Å². The van der Waals surface area contributed by atoms with Gasteiger partial charge in [-0.3, -0.25) is 4.99 Å². The molecule has 2 atom stereocenters. The highest BCUT2D eigenvalue weighted by molar-refractivity contribution is 14.0. The Bertz CT molecular complexity index is 579. The normalized spacial score (nSPS) is 21.8. The highest BCUT2D eigenvalue weighted by Gasteiger charge is 2.25. The van der Waals surface area contributed by atoms with Crippen LogP contribution in [0.2, 0.25) is 0 Å². The van der Waals surface area contributed by atoms with Crippen LogP contribution in [0.15, 0.2) is 4.99 Å². The molecule has 0 spiro atoms. The highest BCUT2D eigenvalue weighted by atomic mass is 127. The minimum Gasteiger partial charge on any atom is -0.378 e. The summed E-state index contributed by atoms with van der Waals surface area (Å²) in [6.07, 6.45) is 9.43. The second kappa shape index (κ2) is 15.6. The number of hydrogen-bond acceptors (Lipinski definition) is 5. The molecular formula is C20H41IN4O4S. The van der Waals surface area contributed by atoms with Crippen molar-refractivity contribution in [2.75, 3.05) is 45.6 Å². The lowest BCUT2D eigenvalue weighted by Crippen LogP contribution is -2.43. The fourth-order valence-electron chi connectivity index (χ4n) is 4.12. The monoisotopic (exact) mass is 560 g/mol. The molecule has 10 heteroatoms. The van der Waals surface area contributed by atoms with Crippen LogP contribution >= 0.6 is 24.0 Å². The maximum Gasteiger partial charge on any atom is 0.213 e. The number of aliphatic imine (C=N–C) groups is 1. The number of hydrogen-bond donors (Lipinski definition) is 3. The van der Waals surface area contributed by atoms with Crippen LogP contribution in [0.3, 0.4) is 0 Å². The van der Waals surface area contributed by atoms with Crippen LogP contribution in [0.1, 0.15) is 58.3 Å². The average molecular weight is 561 g/mol. The summed E-state index contributed by atoms with van der Waals surface area (Å²) in [7, 11) is -1.64. The third kappa shape index (κ3) is 10.9. The summed E-state index contributed by atoms with van der Waals surface area (Å²) >= 11 is 0. The molecule has 0 aromatic carbocycles. The topological polar surface area (TPSA) is 101 Å². The van der Waals surface area contributed by atoms with Gasteiger partial charge in [-0.2, -0.15) is 0 Å². The van der Waals surface area contributed by atoms with Crippen LogP contribution in [0.25, 0.3) is 0 Å². The molecule has 1 heterocycles. The molecule has 2 unspecified atom stereocenters. The Labute approximate surface area is 199 Å². The molecule has 0 bridgehead atoms. The molecule has 1 aliphatic heterocycles. The van der Waals surface area contributed by atoms with E-state index in [0.717, 1.165) is 45.4 Å². The van der Waals surface area contributed by atoms with Gasteiger partial charge in [0.05, 0.1) is 18.0 Å². The largest absolute Gasteiger partial charge is 0.378 e. The summed E-state index contributed by atoms with van der Waals surface area (Å²) in [5.74, 6) is 1.29. The average Bonchev–Trinajstić information content (AvgIpc) is 3.26. The van der Waals surface area contributed by atoms with Gasteiger partial charge in [0.1, 0.15) is 0 Å². The third-order valence-electron chi connectivity index (χ3n) is 5.72. The van der Waals surface area contributed by atoms with Crippen molar-refractivity contribution in [3.05, 3.63) is 0 Å². The first-order valence-corrected chi connectivity index (χ1v) is 12.8. The van der Waals surface area contributed by atoms with E-state index in [1.165, 1.54) is 25.7 Å². The third-order valence-corrected chi connectivity index (χ3v) is 7.07. The van der Waals surface area contributed by atoms with Crippen LogP contribution in [0, 0.1) is 5.92 Å². The van der Waals surface area contributed by atoms with Crippen LogP contribution in [0.5, 0.6) is 0 Å². The summed E-state index contributed by atoms with van der Waals surface area (Å²) in [6, 6.07) is 0. The molecule has 3 N–H and O–H groups in total. The van der Waals surface area contributed by atoms with Crippen LogP contribution in [-0.2, 0) is 19.5 Å². The van der Waals surface area contributed by atoms with Crippen molar-refractivity contribution in [1.82, 2.24) is 15.4 Å². The van der Waals surface area contributed by atoms with Gasteiger partial charge < -0.3 is 20.1 Å². The summed E-state index contributed by atoms with van der Waals surface area (Å²) in [5, 5.41) is 6.36. The predicted octanol–water partition coefficient (Wildman–Crippen LogP) is 2.24. The van der Waals surface area contributed by atoms with Crippen molar-refractivity contribution in [2.45, 2.75) is 70.5 Å². The lowest BCUT2D eigenvalue weighted by Gasteiger charge is -2.24. The van der Waals surface area contributed by atoms with Gasteiger partial charge in [0.25, 0.3) is 0 Å². The molecule has 8 nitrogen and oxygen atoms in total. The molecule has 178 valence electrons. The summed E-state index contributed by atoms with van der Waals surface area (Å²) in [4.78, 5) is 4.19. The van der Waals surface area contributed by atoms with Crippen molar-refractivity contribution in [3.8, 4) is 0 Å². The zero-order chi connectivity index (χ0) is 21.0. The molecule has 0 radical (unpaired) electrons. The number of nitrogens with one attached hydrogen (secondary N) is 3. The van der Waals surface area contributed by atoms with Crippen molar-refractivity contribution < 1.29 is 17.9 Å². The molecule has 1 aliphatic carbocycles. The molecule has 2 rings (SSSR count). The lowest BCUT2D eigenvalue weighted by molar-refractivity contribution is 0.0169. The molecule has 1 saturated carbocycles. The quantitative estimate of drug-likeness (QED) is 0.192. The van der Waals surface area contributed by atoms with Crippen molar-refractivity contribution in [2.24, 2.45) is 10.9 Å². The number of nitrogens with zero attached hydrogens (tertiary/aromatic N) is 1. The smallest absolute Gasteiger partial charge is 0.213 e. The van der Waals surface area contributed by atoms with Crippen molar-refractivity contribution in [1.29, 1.82) is 0 Å². The molecular weight excluding hydrogens is 519 g/mol. The maximum atomic E-state index is 12.2. The van der Waals surface area contributed by atoms with Crippen molar-refractivity contribution in [3.63, 3.8) is 0 Å². The second-order valence-corrected chi connectivity index (χ2v) is 9.84. The maximum absolute atomic E-state index is 12.2. The number of halogens is 1. The van der Waals surface area contributed by atoms with Gasteiger partial charge in [-0.25, -0.2) is 13.1 Å². The van der Waals surface area contributed by atoms with E-state index in [0.29, 0.717) is 31.1 Å². The van der Waals surface area contributed by atoms with E-state index in [1.54, 1.807) is 7.05 Å². The molecule has 1 saturated heterocycles. The predicted molar refractivity (Wildman–Crippen MR) is 132 cm³/mol. The Kier molecular flexibility index (Phi) is 14.5. The van der Waals surface area contributed by atoms with Crippen molar-refractivity contribution >= 4 is 40.0 Å². The minimum absolute atomic E-state index is 0. The Morgan fingerprint density at radius 1 is 1.13 bits per heavy atom. The number of sulfonamides is 1. The van der Waals surface area contributed by atoms with Crippen LogP contribution < -0.4 is 15.4 Å². The molecule has 0 aromatic heterocycles. The van der Waals surface area contributed by atoms with E-state index in [1.807, 2.05) is 6.92 Å². The Morgan fingerprint density at radius 3 is 2.47 bits per heavy atom. The van der Waals surface area contributed by atoms with Gasteiger partial charge in [-0.15, -0.1) is 24.0 Å². The molecule has 2 aliphatic rings. The standard InChI is InChI=1S/C20H40N4O4S.HI/c1-3-27-19(17-8-4-5-9-17)11-12-22-20(21-2)23-13-15-29(25,26)24-16-18-10-6-7-14-28-18;/h17-19,24H,3-16H2,1-2H3,(H2,21,22,23);1H. The summed E-state index contributed by atoms with van der Waals surface area (Å²) in [5.41, 5.74) is 0. The first-order chi connectivity index (χ1) is 14.0. The van der Waals surface area contributed by atoms with Gasteiger partial charge in [-0.1, -0.05) is 12.8 Å². The first-order valence-electron chi connectivity index (χ1n) is 11.2. The van der Waals surface area contributed by atoms with Crippen LogP contribution in [-0.4, -0.2) is 72.2 Å². The molecule has 0 amide bonds. The fourth-order valence-corrected chi connectivity index (χ4v) is 5.07. The number of rotatable bonds is 12. The van der Waals surface area contributed by atoms with Crippen LogP contribution in [0.4, 0.5) is 0 Å². The van der Waals surface area contributed by atoms with E-state index < -0.39 is 10.0 Å². The van der Waals surface area contributed by atoms with Gasteiger partial charge in [0.15, 0.2) is 5.96 Å². The molecule has 0 aromatic rings. The van der Waals surface area contributed by atoms with Gasteiger partial charge in [-0.05, 0) is 51.4 Å². The van der Waals surface area contributed by atoms with Gasteiger partial charge >= 0.3 is 0 Å². The summed E-state index contributed by atoms with van der Waals surface area (Å²) in [6.45, 7) is 4.93. The Morgan fingerprint density at radius 2 is 1.83 bits per heavy atom. The van der Waals surface area contributed by atoms with E-state index in [9.17, 15) is 8.42 Å². The Hall–Kier alpha value is -0.170.